The predicted octanol–water partition coefficient (Wildman–Crippen LogP) is -0.583. The molecule has 0 amide bonds. The molecule has 1 aliphatic heterocycles. The Hall–Kier alpha value is -0.160. The van der Waals surface area contributed by atoms with Gasteiger partial charge in [-0.1, -0.05) is 0 Å². The van der Waals surface area contributed by atoms with Gasteiger partial charge in [0.15, 0.2) is 0 Å². The van der Waals surface area contributed by atoms with Crippen molar-refractivity contribution in [2.75, 3.05) is 13.1 Å². The molecule has 2 rings (SSSR count). The van der Waals surface area contributed by atoms with Crippen LogP contribution in [-0.4, -0.2) is 41.7 Å². The Labute approximate surface area is 84.7 Å². The number of β-amino-alcohol motifs (C(OH)–C–C–N with tert-alkyl or cyclic N) is 1. The Morgan fingerprint density at radius 3 is 1.93 bits per heavy atom. The molecule has 1 saturated heterocycles. The topological polar surface area (TPSA) is 64.5 Å². The number of rotatable bonds is 1. The van der Waals surface area contributed by atoms with Gasteiger partial charge in [0.05, 0.1) is 18.4 Å². The Bertz CT molecular complexity index is 153. The highest BCUT2D eigenvalue weighted by Crippen LogP contribution is 2.26. The maximum absolute atomic E-state index is 9.39. The van der Waals surface area contributed by atoms with E-state index in [4.69, 9.17) is 0 Å². The van der Waals surface area contributed by atoms with Crippen LogP contribution in [0.25, 0.3) is 0 Å². The zero-order valence-electron chi connectivity index (χ0n) is 8.45. The molecule has 0 spiro atoms. The first-order valence-corrected chi connectivity index (χ1v) is 5.58. The average molecular weight is 200 g/mol. The second-order valence-electron chi connectivity index (χ2n) is 4.52. The molecule has 0 radical (unpaired) electrons. The minimum atomic E-state index is -0.250. The molecule has 4 heteroatoms. The van der Waals surface area contributed by atoms with Crippen molar-refractivity contribution in [3.63, 3.8) is 0 Å². The Morgan fingerprint density at radius 2 is 1.36 bits per heavy atom. The summed E-state index contributed by atoms with van der Waals surface area (Å²) in [4.78, 5) is 0. The second kappa shape index (κ2) is 4.57. The fourth-order valence-corrected chi connectivity index (χ4v) is 2.44. The Morgan fingerprint density at radius 1 is 0.786 bits per heavy atom. The van der Waals surface area contributed by atoms with Crippen LogP contribution in [0, 0.1) is 5.92 Å². The smallest absolute Gasteiger partial charge is 0.0789 e. The summed E-state index contributed by atoms with van der Waals surface area (Å²) in [6.45, 7) is 1.38. The number of aliphatic hydroxyl groups is 2. The highest BCUT2D eigenvalue weighted by atomic mass is 16.3. The molecule has 1 saturated carbocycles. The maximum atomic E-state index is 9.39. The van der Waals surface area contributed by atoms with Crippen LogP contribution in [0.2, 0.25) is 0 Å². The lowest BCUT2D eigenvalue weighted by Crippen LogP contribution is -2.58. The molecule has 4 nitrogen and oxygen atoms in total. The van der Waals surface area contributed by atoms with Crippen molar-refractivity contribution < 1.29 is 10.2 Å². The molecular formula is C10H20N2O2. The fourth-order valence-electron chi connectivity index (χ4n) is 2.44. The number of hydrogen-bond donors (Lipinski definition) is 4. The van der Waals surface area contributed by atoms with Gasteiger partial charge in [0, 0.05) is 13.1 Å². The third-order valence-corrected chi connectivity index (χ3v) is 3.36. The predicted molar refractivity (Wildman–Crippen MR) is 53.8 cm³/mol. The molecule has 14 heavy (non-hydrogen) atoms. The van der Waals surface area contributed by atoms with Crippen LogP contribution in [0.4, 0.5) is 0 Å². The Kier molecular flexibility index (Phi) is 3.38. The lowest BCUT2D eigenvalue weighted by molar-refractivity contribution is 0.0678. The first-order chi connectivity index (χ1) is 6.75. The minimum absolute atomic E-state index is 0.0829. The third-order valence-electron chi connectivity index (χ3n) is 3.36. The van der Waals surface area contributed by atoms with Crippen molar-refractivity contribution >= 4 is 0 Å². The van der Waals surface area contributed by atoms with Crippen LogP contribution < -0.4 is 10.6 Å². The van der Waals surface area contributed by atoms with Crippen LogP contribution in [-0.2, 0) is 0 Å². The van der Waals surface area contributed by atoms with Gasteiger partial charge < -0.3 is 10.2 Å². The van der Waals surface area contributed by atoms with E-state index in [1.54, 1.807) is 0 Å². The summed E-state index contributed by atoms with van der Waals surface area (Å²) >= 11 is 0. The molecule has 2 aliphatic rings. The first-order valence-electron chi connectivity index (χ1n) is 5.58. The van der Waals surface area contributed by atoms with E-state index in [1.165, 1.54) is 0 Å². The summed E-state index contributed by atoms with van der Waals surface area (Å²) in [7, 11) is 0. The van der Waals surface area contributed by atoms with E-state index >= 15 is 0 Å². The van der Waals surface area contributed by atoms with E-state index in [-0.39, 0.29) is 12.2 Å². The summed E-state index contributed by atoms with van der Waals surface area (Å²) < 4.78 is 0. The highest BCUT2D eigenvalue weighted by molar-refractivity contribution is 4.85. The molecule has 82 valence electrons. The largest absolute Gasteiger partial charge is 0.393 e. The average Bonchev–Trinajstić information content (AvgIpc) is 2.21. The van der Waals surface area contributed by atoms with E-state index in [9.17, 15) is 10.2 Å². The second-order valence-corrected chi connectivity index (χ2v) is 4.52. The molecule has 0 unspecified atom stereocenters. The van der Waals surface area contributed by atoms with Crippen molar-refractivity contribution in [3.05, 3.63) is 0 Å². The first kappa shape index (κ1) is 10.4. The molecule has 0 aromatic heterocycles. The molecule has 0 atom stereocenters. The summed E-state index contributed by atoms with van der Waals surface area (Å²) in [5.41, 5.74) is 0. The van der Waals surface area contributed by atoms with Crippen LogP contribution in [0.15, 0.2) is 0 Å². The van der Waals surface area contributed by atoms with Gasteiger partial charge in [-0.25, -0.2) is 0 Å². The highest BCUT2D eigenvalue weighted by Gasteiger charge is 2.29. The van der Waals surface area contributed by atoms with Crippen LogP contribution >= 0.6 is 0 Å². The zero-order valence-corrected chi connectivity index (χ0v) is 8.45. The van der Waals surface area contributed by atoms with E-state index in [0.29, 0.717) is 25.2 Å². The van der Waals surface area contributed by atoms with E-state index in [2.05, 4.69) is 10.6 Å². The third kappa shape index (κ3) is 2.45. The van der Waals surface area contributed by atoms with Gasteiger partial charge in [-0.2, -0.15) is 0 Å². The molecule has 1 aliphatic carbocycles. The van der Waals surface area contributed by atoms with Crippen LogP contribution in [0.5, 0.6) is 0 Å². The number of hydrogen-bond acceptors (Lipinski definition) is 4. The van der Waals surface area contributed by atoms with Gasteiger partial charge in [-0.3, -0.25) is 10.6 Å². The summed E-state index contributed by atoms with van der Waals surface area (Å²) in [5, 5.41) is 25.3. The standard InChI is InChI=1S/C10H20N2O2/c13-8-3-1-7(2-4-8)10-11-5-9(14)6-12-10/h7-14H,1-6H2. The van der Waals surface area contributed by atoms with Gasteiger partial charge in [0.1, 0.15) is 0 Å². The van der Waals surface area contributed by atoms with Crippen molar-refractivity contribution in [1.29, 1.82) is 0 Å². The lowest BCUT2D eigenvalue weighted by atomic mass is 9.85. The van der Waals surface area contributed by atoms with Crippen LogP contribution in [0.1, 0.15) is 25.7 Å². The van der Waals surface area contributed by atoms with Crippen molar-refractivity contribution in [2.24, 2.45) is 5.92 Å². The number of aliphatic hydroxyl groups excluding tert-OH is 2. The quantitative estimate of drug-likeness (QED) is 0.457. The van der Waals surface area contributed by atoms with E-state index in [1.807, 2.05) is 0 Å². The van der Waals surface area contributed by atoms with Crippen molar-refractivity contribution in [3.8, 4) is 0 Å². The van der Waals surface area contributed by atoms with Gasteiger partial charge in [-0.05, 0) is 31.6 Å². The maximum Gasteiger partial charge on any atom is 0.0789 e. The van der Waals surface area contributed by atoms with Gasteiger partial charge in [0.25, 0.3) is 0 Å². The van der Waals surface area contributed by atoms with Gasteiger partial charge in [0.2, 0.25) is 0 Å². The molecule has 0 aromatic rings. The minimum Gasteiger partial charge on any atom is -0.393 e. The SMILES string of the molecule is OC1CCC(C2NCC(O)CN2)CC1. The van der Waals surface area contributed by atoms with Gasteiger partial charge >= 0.3 is 0 Å². The summed E-state index contributed by atoms with van der Waals surface area (Å²) in [6, 6.07) is 0. The lowest BCUT2D eigenvalue weighted by Gasteiger charge is -2.37. The van der Waals surface area contributed by atoms with Crippen molar-refractivity contribution in [1.82, 2.24) is 10.6 Å². The summed E-state index contributed by atoms with van der Waals surface area (Å²) in [6.07, 6.45) is 4.02. The van der Waals surface area contributed by atoms with E-state index in [0.717, 1.165) is 25.7 Å². The molecule has 0 bridgehead atoms. The van der Waals surface area contributed by atoms with Gasteiger partial charge in [-0.15, -0.1) is 0 Å². The van der Waals surface area contributed by atoms with Crippen LogP contribution in [0.3, 0.4) is 0 Å². The molecule has 4 N–H and O–H groups in total. The zero-order chi connectivity index (χ0) is 9.97. The van der Waals surface area contributed by atoms with E-state index < -0.39 is 0 Å². The number of nitrogens with one attached hydrogen (secondary N) is 2. The summed E-state index contributed by atoms with van der Waals surface area (Å²) in [5.74, 6) is 0.617. The molecule has 2 fully saturated rings. The molecule has 0 aromatic carbocycles. The Balaban J connectivity index is 1.78. The monoisotopic (exact) mass is 200 g/mol. The fraction of sp³-hybridized carbons (Fsp3) is 1.00. The molecular weight excluding hydrogens is 180 g/mol. The normalized spacial score (nSPS) is 45.0. The van der Waals surface area contributed by atoms with Crippen molar-refractivity contribution in [2.45, 2.75) is 44.1 Å². The molecule has 1 heterocycles.